The Bertz CT molecular complexity index is 932. The second kappa shape index (κ2) is 7.79. The van der Waals surface area contributed by atoms with Gasteiger partial charge in [-0.25, -0.2) is 18.4 Å². The van der Waals surface area contributed by atoms with Crippen LogP contribution in [-0.2, 0) is 15.3 Å². The van der Waals surface area contributed by atoms with Crippen molar-refractivity contribution < 1.29 is 13.2 Å². The monoisotopic (exact) mass is 422 g/mol. The van der Waals surface area contributed by atoms with Gasteiger partial charge >= 0.3 is 0 Å². The van der Waals surface area contributed by atoms with E-state index in [2.05, 4.69) is 36.5 Å². The molecule has 1 atom stereocenters. The van der Waals surface area contributed by atoms with Crippen molar-refractivity contribution in [2.24, 2.45) is 0 Å². The fraction of sp³-hybridized carbons (Fsp3) is 0.526. The molecule has 0 radical (unpaired) electrons. The normalized spacial score (nSPS) is 17.9. The van der Waals surface area contributed by atoms with E-state index in [1.807, 2.05) is 6.92 Å². The van der Waals surface area contributed by atoms with Gasteiger partial charge in [-0.05, 0) is 19.1 Å². The first-order valence-corrected chi connectivity index (χ1v) is 11.9. The highest BCUT2D eigenvalue weighted by molar-refractivity contribution is 7.91. The van der Waals surface area contributed by atoms with Crippen LogP contribution < -0.4 is 5.32 Å². The summed E-state index contributed by atoms with van der Waals surface area (Å²) in [6, 6.07) is 3.49. The third-order valence-corrected chi connectivity index (χ3v) is 7.30. The number of hydrogen-bond acceptors (Lipinski definition) is 7. The van der Waals surface area contributed by atoms with Gasteiger partial charge in [0.15, 0.2) is 9.84 Å². The number of rotatable bonds is 4. The molecule has 1 aliphatic rings. The SMILES string of the molecule is CC(Nc1ccc(C(=O)N2CCS(=O)(=O)CC2)cn1)c1nc(C(C)(C)C)cs1. The molecular formula is C19H26N4O3S2. The van der Waals surface area contributed by atoms with Crippen molar-refractivity contribution in [1.29, 1.82) is 0 Å². The van der Waals surface area contributed by atoms with Crippen molar-refractivity contribution in [2.45, 2.75) is 39.2 Å². The van der Waals surface area contributed by atoms with E-state index in [4.69, 9.17) is 4.98 Å². The number of carbonyl (C=O) groups excluding carboxylic acids is 1. The maximum Gasteiger partial charge on any atom is 0.255 e. The van der Waals surface area contributed by atoms with Crippen LogP contribution in [0.3, 0.4) is 0 Å². The zero-order valence-electron chi connectivity index (χ0n) is 16.6. The molecule has 1 aliphatic heterocycles. The molecule has 1 N–H and O–H groups in total. The molecule has 0 bridgehead atoms. The molecule has 3 rings (SSSR count). The van der Waals surface area contributed by atoms with E-state index < -0.39 is 9.84 Å². The van der Waals surface area contributed by atoms with E-state index in [1.54, 1.807) is 28.4 Å². The first-order valence-electron chi connectivity index (χ1n) is 9.23. The summed E-state index contributed by atoms with van der Waals surface area (Å²) in [5, 5.41) is 6.38. The number of thiazole rings is 1. The quantitative estimate of drug-likeness (QED) is 0.814. The second-order valence-corrected chi connectivity index (χ2v) is 11.3. The zero-order chi connectivity index (χ0) is 20.5. The second-order valence-electron chi connectivity index (χ2n) is 8.06. The molecule has 7 nitrogen and oxygen atoms in total. The number of nitrogens with one attached hydrogen (secondary N) is 1. The third kappa shape index (κ3) is 4.88. The van der Waals surface area contributed by atoms with E-state index >= 15 is 0 Å². The van der Waals surface area contributed by atoms with Gasteiger partial charge in [-0.3, -0.25) is 4.79 Å². The smallest absolute Gasteiger partial charge is 0.255 e. The first kappa shape index (κ1) is 20.7. The van der Waals surface area contributed by atoms with E-state index in [9.17, 15) is 13.2 Å². The predicted molar refractivity (Wildman–Crippen MR) is 112 cm³/mol. The van der Waals surface area contributed by atoms with Crippen LogP contribution in [0.25, 0.3) is 0 Å². The Kier molecular flexibility index (Phi) is 5.77. The van der Waals surface area contributed by atoms with Crippen LogP contribution in [0.5, 0.6) is 0 Å². The molecule has 1 amide bonds. The zero-order valence-corrected chi connectivity index (χ0v) is 18.2. The number of hydrogen-bond donors (Lipinski definition) is 1. The Balaban J connectivity index is 1.62. The van der Waals surface area contributed by atoms with Crippen LogP contribution in [-0.4, -0.2) is 53.8 Å². The van der Waals surface area contributed by atoms with Crippen molar-refractivity contribution in [3.8, 4) is 0 Å². The van der Waals surface area contributed by atoms with Gasteiger partial charge in [-0.2, -0.15) is 0 Å². The van der Waals surface area contributed by atoms with Crippen molar-refractivity contribution in [3.05, 3.63) is 40.0 Å². The summed E-state index contributed by atoms with van der Waals surface area (Å²) in [4.78, 5) is 23.2. The molecule has 0 aliphatic carbocycles. The lowest BCUT2D eigenvalue weighted by molar-refractivity contribution is 0.0770. The Morgan fingerprint density at radius 2 is 1.93 bits per heavy atom. The number of carbonyl (C=O) groups is 1. The molecule has 2 aromatic heterocycles. The minimum Gasteiger partial charge on any atom is -0.361 e. The maximum absolute atomic E-state index is 12.5. The lowest BCUT2D eigenvalue weighted by Gasteiger charge is -2.26. The summed E-state index contributed by atoms with van der Waals surface area (Å²) < 4.78 is 23.0. The molecule has 1 saturated heterocycles. The van der Waals surface area contributed by atoms with Gasteiger partial charge < -0.3 is 10.2 Å². The molecule has 9 heteroatoms. The standard InChI is InChI=1S/C19H26N4O3S2/c1-13(17-22-15(12-27-17)19(2,3)4)21-16-6-5-14(11-20-16)18(24)23-7-9-28(25,26)10-8-23/h5-6,11-13H,7-10H2,1-4H3,(H,20,21). The number of pyridine rings is 1. The molecule has 0 spiro atoms. The van der Waals surface area contributed by atoms with Gasteiger partial charge in [-0.15, -0.1) is 11.3 Å². The number of anilines is 1. The summed E-state index contributed by atoms with van der Waals surface area (Å²) in [5.41, 5.74) is 1.54. The number of aromatic nitrogens is 2. The topological polar surface area (TPSA) is 92.3 Å². The van der Waals surface area contributed by atoms with Gasteiger partial charge in [-0.1, -0.05) is 20.8 Å². The Labute approximate surface area is 170 Å². The number of sulfone groups is 1. The van der Waals surface area contributed by atoms with Gasteiger partial charge in [0.1, 0.15) is 10.8 Å². The highest BCUT2D eigenvalue weighted by Crippen LogP contribution is 2.28. The van der Waals surface area contributed by atoms with Crippen molar-refractivity contribution in [3.63, 3.8) is 0 Å². The molecule has 28 heavy (non-hydrogen) atoms. The van der Waals surface area contributed by atoms with Crippen LogP contribution in [0.4, 0.5) is 5.82 Å². The van der Waals surface area contributed by atoms with Gasteiger partial charge in [0.25, 0.3) is 5.91 Å². The lowest BCUT2D eigenvalue weighted by atomic mass is 9.93. The highest BCUT2D eigenvalue weighted by Gasteiger charge is 2.26. The molecule has 0 aromatic carbocycles. The fourth-order valence-electron chi connectivity index (χ4n) is 2.82. The highest BCUT2D eigenvalue weighted by atomic mass is 32.2. The minimum absolute atomic E-state index is 0.00227. The maximum atomic E-state index is 12.5. The summed E-state index contributed by atoms with van der Waals surface area (Å²) in [6.07, 6.45) is 1.53. The molecule has 0 saturated carbocycles. The summed E-state index contributed by atoms with van der Waals surface area (Å²) >= 11 is 1.62. The van der Waals surface area contributed by atoms with Crippen molar-refractivity contribution >= 4 is 32.9 Å². The summed E-state index contributed by atoms with van der Waals surface area (Å²) in [6.45, 7) is 8.91. The summed E-state index contributed by atoms with van der Waals surface area (Å²) in [7, 11) is -3.01. The third-order valence-electron chi connectivity index (χ3n) is 4.67. The Hall–Kier alpha value is -2.00. The Morgan fingerprint density at radius 3 is 2.46 bits per heavy atom. The number of nitrogens with zero attached hydrogens (tertiary/aromatic N) is 3. The van der Waals surface area contributed by atoms with Crippen LogP contribution in [0.2, 0.25) is 0 Å². The molecule has 3 heterocycles. The molecular weight excluding hydrogens is 396 g/mol. The van der Waals surface area contributed by atoms with Crippen molar-refractivity contribution in [1.82, 2.24) is 14.9 Å². The average molecular weight is 423 g/mol. The average Bonchev–Trinajstić information content (AvgIpc) is 3.12. The van der Waals surface area contributed by atoms with E-state index in [0.29, 0.717) is 11.4 Å². The van der Waals surface area contributed by atoms with Crippen LogP contribution >= 0.6 is 11.3 Å². The predicted octanol–water partition coefficient (Wildman–Crippen LogP) is 2.88. The van der Waals surface area contributed by atoms with E-state index in [0.717, 1.165) is 10.7 Å². The van der Waals surface area contributed by atoms with Gasteiger partial charge in [0.05, 0.1) is 28.8 Å². The van der Waals surface area contributed by atoms with Crippen LogP contribution in [0.1, 0.15) is 54.8 Å². The largest absolute Gasteiger partial charge is 0.361 e. The van der Waals surface area contributed by atoms with Gasteiger partial charge in [0, 0.05) is 30.1 Å². The Morgan fingerprint density at radius 1 is 1.25 bits per heavy atom. The minimum atomic E-state index is -3.01. The van der Waals surface area contributed by atoms with Crippen LogP contribution in [0, 0.1) is 0 Å². The molecule has 1 unspecified atom stereocenters. The molecule has 2 aromatic rings. The van der Waals surface area contributed by atoms with Crippen molar-refractivity contribution in [2.75, 3.05) is 29.9 Å². The molecule has 152 valence electrons. The summed E-state index contributed by atoms with van der Waals surface area (Å²) in [5.74, 6) is 0.524. The van der Waals surface area contributed by atoms with E-state index in [-0.39, 0.29) is 42.0 Å². The van der Waals surface area contributed by atoms with E-state index in [1.165, 1.54) is 6.20 Å². The van der Waals surface area contributed by atoms with Gasteiger partial charge in [0.2, 0.25) is 0 Å². The lowest BCUT2D eigenvalue weighted by Crippen LogP contribution is -2.43. The molecule has 1 fully saturated rings. The fourth-order valence-corrected chi connectivity index (χ4v) is 5.07. The van der Waals surface area contributed by atoms with Crippen LogP contribution in [0.15, 0.2) is 23.7 Å². The number of amides is 1. The first-order chi connectivity index (χ1) is 13.0.